The van der Waals surface area contributed by atoms with Crippen LogP contribution in [0.15, 0.2) is 18.2 Å². The highest BCUT2D eigenvalue weighted by atomic mass is 35.5. The predicted molar refractivity (Wildman–Crippen MR) is 94.7 cm³/mol. The van der Waals surface area contributed by atoms with Crippen molar-refractivity contribution in [2.24, 2.45) is 0 Å². The molecule has 1 saturated carbocycles. The van der Waals surface area contributed by atoms with Gasteiger partial charge in [0.1, 0.15) is 5.60 Å². The van der Waals surface area contributed by atoms with Gasteiger partial charge in [-0.3, -0.25) is 0 Å². The van der Waals surface area contributed by atoms with Crippen LogP contribution in [0.25, 0.3) is 0 Å². The summed E-state index contributed by atoms with van der Waals surface area (Å²) in [6.45, 7) is 7.31. The minimum atomic E-state index is -0.475. The Balaban J connectivity index is 1.59. The molecule has 1 atom stereocenters. The number of hydrogen-bond acceptors (Lipinski definition) is 3. The normalized spacial score (nSPS) is 21.7. The molecule has 3 rings (SSSR count). The van der Waals surface area contributed by atoms with Crippen molar-refractivity contribution in [3.63, 3.8) is 0 Å². The van der Waals surface area contributed by atoms with Crippen LogP contribution < -0.4 is 0 Å². The maximum atomic E-state index is 12.2. The van der Waals surface area contributed by atoms with Crippen molar-refractivity contribution in [2.75, 3.05) is 19.7 Å². The number of amides is 1. The lowest BCUT2D eigenvalue weighted by molar-refractivity contribution is -0.0415. The Morgan fingerprint density at radius 3 is 2.75 bits per heavy atom. The van der Waals surface area contributed by atoms with E-state index in [4.69, 9.17) is 21.1 Å². The summed E-state index contributed by atoms with van der Waals surface area (Å²) < 4.78 is 11.3. The number of nitrogens with zero attached hydrogens (tertiary/aromatic N) is 1. The molecule has 1 saturated heterocycles. The van der Waals surface area contributed by atoms with E-state index in [0.717, 1.165) is 17.0 Å². The highest BCUT2D eigenvalue weighted by molar-refractivity contribution is 6.31. The predicted octanol–water partition coefficient (Wildman–Crippen LogP) is 4.40. The molecule has 1 aromatic carbocycles. The number of benzene rings is 1. The van der Waals surface area contributed by atoms with Crippen LogP contribution in [-0.4, -0.2) is 42.4 Å². The van der Waals surface area contributed by atoms with Gasteiger partial charge in [0.25, 0.3) is 0 Å². The van der Waals surface area contributed by atoms with Crippen molar-refractivity contribution in [1.29, 1.82) is 0 Å². The molecule has 1 aromatic rings. The Bertz CT molecular complexity index is 607. The lowest BCUT2D eigenvalue weighted by atomic mass is 10.0. The number of hydrogen-bond donors (Lipinski definition) is 0. The lowest BCUT2D eigenvalue weighted by Gasteiger charge is -2.34. The van der Waals surface area contributed by atoms with Gasteiger partial charge in [0.05, 0.1) is 19.3 Å². The first-order valence-electron chi connectivity index (χ1n) is 8.70. The summed E-state index contributed by atoms with van der Waals surface area (Å²) in [5, 5.41) is 0.856. The molecule has 0 bridgehead atoms. The molecule has 1 heterocycles. The summed E-state index contributed by atoms with van der Waals surface area (Å²) in [4.78, 5) is 14.0. The van der Waals surface area contributed by atoms with Gasteiger partial charge in [-0.25, -0.2) is 4.79 Å². The average Bonchev–Trinajstić information content (AvgIpc) is 3.30. The molecule has 0 radical (unpaired) electrons. The molecule has 0 N–H and O–H groups in total. The van der Waals surface area contributed by atoms with E-state index in [1.54, 1.807) is 4.90 Å². The van der Waals surface area contributed by atoms with E-state index < -0.39 is 5.60 Å². The first-order chi connectivity index (χ1) is 11.3. The number of morpholine rings is 1. The molecule has 132 valence electrons. The van der Waals surface area contributed by atoms with E-state index in [9.17, 15) is 4.79 Å². The number of halogens is 1. The van der Waals surface area contributed by atoms with Crippen molar-refractivity contribution in [3.8, 4) is 0 Å². The quantitative estimate of drug-likeness (QED) is 0.810. The van der Waals surface area contributed by atoms with Crippen LogP contribution in [0, 0.1) is 0 Å². The number of carbonyl (C=O) groups excluding carboxylic acids is 1. The van der Waals surface area contributed by atoms with Gasteiger partial charge in [-0.2, -0.15) is 0 Å². The molecule has 24 heavy (non-hydrogen) atoms. The van der Waals surface area contributed by atoms with Gasteiger partial charge >= 0.3 is 6.09 Å². The van der Waals surface area contributed by atoms with Crippen molar-refractivity contribution in [3.05, 3.63) is 34.3 Å². The highest BCUT2D eigenvalue weighted by Crippen LogP contribution is 2.43. The minimum Gasteiger partial charge on any atom is -0.444 e. The molecule has 1 unspecified atom stereocenters. The Morgan fingerprint density at radius 1 is 1.38 bits per heavy atom. The molecule has 0 spiro atoms. The van der Waals surface area contributed by atoms with Crippen LogP contribution >= 0.6 is 11.6 Å². The molecule has 2 aliphatic rings. The van der Waals surface area contributed by atoms with Crippen LogP contribution in [0.4, 0.5) is 4.79 Å². The third-order valence-electron chi connectivity index (χ3n) is 4.34. The average molecular weight is 352 g/mol. The van der Waals surface area contributed by atoms with E-state index in [-0.39, 0.29) is 12.2 Å². The highest BCUT2D eigenvalue weighted by Gasteiger charge is 2.29. The largest absolute Gasteiger partial charge is 0.444 e. The standard InChI is InChI=1S/C19H26ClNO3/c1-19(2,3)24-18(22)21-8-9-23-15(12-21)10-13-4-7-16(14-5-6-14)17(20)11-13/h4,7,11,14-15H,5-6,8-10,12H2,1-3H3. The molecule has 4 nitrogen and oxygen atoms in total. The zero-order chi connectivity index (χ0) is 17.3. The number of ether oxygens (including phenoxy) is 2. The van der Waals surface area contributed by atoms with Crippen LogP contribution in [0.3, 0.4) is 0 Å². The molecule has 2 fully saturated rings. The first kappa shape index (κ1) is 17.6. The van der Waals surface area contributed by atoms with Gasteiger partial charge in [0.2, 0.25) is 0 Å². The van der Waals surface area contributed by atoms with E-state index in [2.05, 4.69) is 12.1 Å². The Labute approximate surface area is 149 Å². The molecule has 1 aliphatic carbocycles. The second-order valence-corrected chi connectivity index (χ2v) is 8.16. The zero-order valence-electron chi connectivity index (χ0n) is 14.7. The number of carbonyl (C=O) groups is 1. The lowest BCUT2D eigenvalue weighted by Crippen LogP contribution is -2.48. The minimum absolute atomic E-state index is 0.0193. The van der Waals surface area contributed by atoms with Gasteiger partial charge in [0, 0.05) is 18.0 Å². The van der Waals surface area contributed by atoms with Crippen molar-refractivity contribution in [1.82, 2.24) is 4.90 Å². The summed E-state index contributed by atoms with van der Waals surface area (Å²) in [5.74, 6) is 0.653. The second-order valence-electron chi connectivity index (χ2n) is 7.75. The molecule has 1 amide bonds. The molecular formula is C19H26ClNO3. The fourth-order valence-corrected chi connectivity index (χ4v) is 3.38. The smallest absolute Gasteiger partial charge is 0.410 e. The fraction of sp³-hybridized carbons (Fsp3) is 0.632. The summed E-state index contributed by atoms with van der Waals surface area (Å²) in [7, 11) is 0. The van der Waals surface area contributed by atoms with Gasteiger partial charge in [0.15, 0.2) is 0 Å². The monoisotopic (exact) mass is 351 g/mol. The van der Waals surface area contributed by atoms with Crippen LogP contribution in [0.1, 0.15) is 50.7 Å². The third-order valence-corrected chi connectivity index (χ3v) is 4.66. The topological polar surface area (TPSA) is 38.8 Å². The molecular weight excluding hydrogens is 326 g/mol. The van der Waals surface area contributed by atoms with E-state index in [1.165, 1.54) is 18.4 Å². The first-order valence-corrected chi connectivity index (χ1v) is 9.07. The third kappa shape index (κ3) is 4.64. The van der Waals surface area contributed by atoms with E-state index in [0.29, 0.717) is 25.6 Å². The SMILES string of the molecule is CC(C)(C)OC(=O)N1CCOC(Cc2ccc(C3CC3)c(Cl)c2)C1. The van der Waals surface area contributed by atoms with Crippen LogP contribution in [0.5, 0.6) is 0 Å². The Hall–Kier alpha value is -1.26. The van der Waals surface area contributed by atoms with Gasteiger partial charge in [-0.05, 0) is 56.7 Å². The Kier molecular flexibility index (Phi) is 5.07. The zero-order valence-corrected chi connectivity index (χ0v) is 15.4. The number of rotatable bonds is 3. The summed E-state index contributed by atoms with van der Waals surface area (Å²) >= 11 is 6.41. The van der Waals surface area contributed by atoms with Gasteiger partial charge in [-0.1, -0.05) is 23.7 Å². The molecule has 5 heteroatoms. The van der Waals surface area contributed by atoms with Gasteiger partial charge < -0.3 is 14.4 Å². The maximum absolute atomic E-state index is 12.2. The summed E-state index contributed by atoms with van der Waals surface area (Å²) in [6, 6.07) is 6.32. The maximum Gasteiger partial charge on any atom is 0.410 e. The van der Waals surface area contributed by atoms with Crippen molar-refractivity contribution < 1.29 is 14.3 Å². The summed E-state index contributed by atoms with van der Waals surface area (Å²) in [5.41, 5.74) is 1.94. The fourth-order valence-electron chi connectivity index (χ4n) is 3.02. The van der Waals surface area contributed by atoms with E-state index >= 15 is 0 Å². The van der Waals surface area contributed by atoms with E-state index in [1.807, 2.05) is 26.8 Å². The van der Waals surface area contributed by atoms with Crippen LogP contribution in [-0.2, 0) is 15.9 Å². The second kappa shape index (κ2) is 6.93. The molecule has 1 aliphatic heterocycles. The molecule has 0 aromatic heterocycles. The van der Waals surface area contributed by atoms with Crippen molar-refractivity contribution in [2.45, 2.75) is 57.7 Å². The van der Waals surface area contributed by atoms with Gasteiger partial charge in [-0.15, -0.1) is 0 Å². The Morgan fingerprint density at radius 2 is 2.12 bits per heavy atom. The summed E-state index contributed by atoms with van der Waals surface area (Å²) in [6.07, 6.45) is 2.96. The van der Waals surface area contributed by atoms with Crippen molar-refractivity contribution >= 4 is 17.7 Å². The van der Waals surface area contributed by atoms with Crippen LogP contribution in [0.2, 0.25) is 5.02 Å².